The van der Waals surface area contributed by atoms with Crippen molar-refractivity contribution in [3.8, 4) is 0 Å². The van der Waals surface area contributed by atoms with Gasteiger partial charge < -0.3 is 4.90 Å². The number of benzene rings is 1. The van der Waals surface area contributed by atoms with Crippen molar-refractivity contribution in [3.05, 3.63) is 35.9 Å². The molecule has 0 radical (unpaired) electrons. The molecule has 1 atom stereocenters. The van der Waals surface area contributed by atoms with Crippen LogP contribution >= 0.6 is 0 Å². The van der Waals surface area contributed by atoms with Crippen molar-refractivity contribution in [1.82, 2.24) is 9.80 Å². The lowest BCUT2D eigenvalue weighted by Crippen LogP contribution is -2.46. The van der Waals surface area contributed by atoms with E-state index in [-0.39, 0.29) is 5.92 Å². The molecule has 0 N–H and O–H groups in total. The van der Waals surface area contributed by atoms with Crippen molar-refractivity contribution in [2.75, 3.05) is 19.6 Å². The van der Waals surface area contributed by atoms with E-state index in [9.17, 15) is 4.79 Å². The summed E-state index contributed by atoms with van der Waals surface area (Å²) in [5, 5.41) is 0. The normalized spacial score (nSPS) is 22.3. The number of piperidine rings is 1. The maximum Gasteiger partial charge on any atom is 0.227 e. The zero-order chi connectivity index (χ0) is 16.2. The van der Waals surface area contributed by atoms with Gasteiger partial charge in [-0.05, 0) is 43.7 Å². The SMILES string of the molecule is CC(C)CN(C(=O)C1CCCN(Cc2ccccc2)C1)C1CC1. The van der Waals surface area contributed by atoms with Crippen molar-refractivity contribution in [2.45, 2.75) is 52.1 Å². The minimum Gasteiger partial charge on any atom is -0.339 e. The number of likely N-dealkylation sites (tertiary alicyclic amines) is 1. The van der Waals surface area contributed by atoms with Crippen LogP contribution in [0, 0.1) is 11.8 Å². The van der Waals surface area contributed by atoms with Gasteiger partial charge in [-0.25, -0.2) is 0 Å². The molecule has 1 amide bonds. The van der Waals surface area contributed by atoms with Gasteiger partial charge in [0.25, 0.3) is 0 Å². The molecule has 1 aliphatic heterocycles. The molecule has 2 aliphatic rings. The van der Waals surface area contributed by atoms with E-state index in [2.05, 4.69) is 54.0 Å². The van der Waals surface area contributed by atoms with E-state index in [1.165, 1.54) is 18.4 Å². The second kappa shape index (κ2) is 7.48. The first-order valence-electron chi connectivity index (χ1n) is 9.20. The average molecular weight is 314 g/mol. The first kappa shape index (κ1) is 16.5. The highest BCUT2D eigenvalue weighted by atomic mass is 16.2. The molecule has 1 aromatic carbocycles. The summed E-state index contributed by atoms with van der Waals surface area (Å²) in [4.78, 5) is 17.7. The maximum absolute atomic E-state index is 13.0. The van der Waals surface area contributed by atoms with Gasteiger partial charge in [-0.2, -0.15) is 0 Å². The number of hydrogen-bond acceptors (Lipinski definition) is 2. The van der Waals surface area contributed by atoms with Crippen molar-refractivity contribution in [1.29, 1.82) is 0 Å². The van der Waals surface area contributed by atoms with Gasteiger partial charge in [0.05, 0.1) is 5.92 Å². The van der Waals surface area contributed by atoms with Crippen LogP contribution in [-0.2, 0) is 11.3 Å². The van der Waals surface area contributed by atoms with E-state index < -0.39 is 0 Å². The van der Waals surface area contributed by atoms with Crippen LogP contribution in [0.5, 0.6) is 0 Å². The van der Waals surface area contributed by atoms with E-state index in [1.807, 2.05) is 0 Å². The molecule has 1 saturated carbocycles. The number of carbonyl (C=O) groups excluding carboxylic acids is 1. The molecular formula is C20H30N2O. The first-order valence-corrected chi connectivity index (χ1v) is 9.20. The van der Waals surface area contributed by atoms with Crippen LogP contribution in [0.3, 0.4) is 0 Å². The van der Waals surface area contributed by atoms with E-state index in [0.29, 0.717) is 17.9 Å². The molecule has 3 nitrogen and oxygen atoms in total. The van der Waals surface area contributed by atoms with Crippen LogP contribution in [0.1, 0.15) is 45.1 Å². The quantitative estimate of drug-likeness (QED) is 0.802. The maximum atomic E-state index is 13.0. The highest BCUT2D eigenvalue weighted by Crippen LogP contribution is 2.31. The highest BCUT2D eigenvalue weighted by molar-refractivity contribution is 5.79. The number of hydrogen-bond donors (Lipinski definition) is 0. The van der Waals surface area contributed by atoms with Crippen LogP contribution in [0.25, 0.3) is 0 Å². The Kier molecular flexibility index (Phi) is 5.37. The predicted molar refractivity (Wildman–Crippen MR) is 94.0 cm³/mol. The zero-order valence-corrected chi connectivity index (χ0v) is 14.6. The Hall–Kier alpha value is -1.35. The zero-order valence-electron chi connectivity index (χ0n) is 14.6. The molecule has 126 valence electrons. The third kappa shape index (κ3) is 4.57. The topological polar surface area (TPSA) is 23.6 Å². The minimum atomic E-state index is 0.201. The molecule has 0 bridgehead atoms. The Morgan fingerprint density at radius 1 is 1.22 bits per heavy atom. The smallest absolute Gasteiger partial charge is 0.227 e. The summed E-state index contributed by atoms with van der Waals surface area (Å²) >= 11 is 0. The van der Waals surface area contributed by atoms with E-state index >= 15 is 0 Å². The summed E-state index contributed by atoms with van der Waals surface area (Å²) in [5.41, 5.74) is 1.35. The van der Waals surface area contributed by atoms with Crippen molar-refractivity contribution in [2.24, 2.45) is 11.8 Å². The molecule has 3 heteroatoms. The number of rotatable bonds is 6. The number of carbonyl (C=O) groups is 1. The molecule has 1 heterocycles. The Balaban J connectivity index is 1.59. The van der Waals surface area contributed by atoms with Crippen molar-refractivity contribution in [3.63, 3.8) is 0 Å². The summed E-state index contributed by atoms with van der Waals surface area (Å²) < 4.78 is 0. The van der Waals surface area contributed by atoms with Gasteiger partial charge in [0.2, 0.25) is 5.91 Å². The van der Waals surface area contributed by atoms with Crippen LogP contribution < -0.4 is 0 Å². The van der Waals surface area contributed by atoms with Gasteiger partial charge in [-0.3, -0.25) is 9.69 Å². The molecule has 1 aromatic rings. The van der Waals surface area contributed by atoms with Gasteiger partial charge in [0.1, 0.15) is 0 Å². The molecule has 0 aromatic heterocycles. The fourth-order valence-electron chi connectivity index (χ4n) is 3.68. The van der Waals surface area contributed by atoms with Gasteiger partial charge in [-0.1, -0.05) is 44.2 Å². The Morgan fingerprint density at radius 2 is 1.96 bits per heavy atom. The Morgan fingerprint density at radius 3 is 2.61 bits per heavy atom. The summed E-state index contributed by atoms with van der Waals surface area (Å²) in [6.45, 7) is 8.37. The molecule has 1 saturated heterocycles. The molecule has 0 spiro atoms. The standard InChI is InChI=1S/C20H30N2O/c1-16(2)13-22(19-10-11-19)20(23)18-9-6-12-21(15-18)14-17-7-4-3-5-8-17/h3-5,7-8,16,18-19H,6,9-15H2,1-2H3. The van der Waals surface area contributed by atoms with E-state index in [0.717, 1.165) is 39.0 Å². The Bertz CT molecular complexity index is 510. The summed E-state index contributed by atoms with van der Waals surface area (Å²) in [6, 6.07) is 11.2. The van der Waals surface area contributed by atoms with Crippen molar-refractivity contribution < 1.29 is 4.79 Å². The number of amides is 1. The van der Waals surface area contributed by atoms with E-state index in [1.54, 1.807) is 0 Å². The largest absolute Gasteiger partial charge is 0.339 e. The van der Waals surface area contributed by atoms with Crippen LogP contribution in [0.2, 0.25) is 0 Å². The predicted octanol–water partition coefficient (Wildman–Crippen LogP) is 3.55. The second-order valence-corrected chi connectivity index (χ2v) is 7.68. The lowest BCUT2D eigenvalue weighted by atomic mass is 9.95. The fourth-order valence-corrected chi connectivity index (χ4v) is 3.68. The monoisotopic (exact) mass is 314 g/mol. The molecule has 3 rings (SSSR count). The summed E-state index contributed by atoms with van der Waals surface area (Å²) in [6.07, 6.45) is 4.62. The molecule has 2 fully saturated rings. The third-order valence-corrected chi connectivity index (χ3v) is 4.94. The lowest BCUT2D eigenvalue weighted by Gasteiger charge is -2.35. The third-order valence-electron chi connectivity index (χ3n) is 4.94. The second-order valence-electron chi connectivity index (χ2n) is 7.68. The summed E-state index contributed by atoms with van der Waals surface area (Å²) in [7, 11) is 0. The molecule has 23 heavy (non-hydrogen) atoms. The minimum absolute atomic E-state index is 0.201. The van der Waals surface area contributed by atoms with E-state index in [4.69, 9.17) is 0 Å². The molecule has 1 unspecified atom stereocenters. The van der Waals surface area contributed by atoms with Crippen molar-refractivity contribution >= 4 is 5.91 Å². The van der Waals surface area contributed by atoms with Gasteiger partial charge >= 0.3 is 0 Å². The van der Waals surface area contributed by atoms with Gasteiger partial charge in [0, 0.05) is 25.7 Å². The summed E-state index contributed by atoms with van der Waals surface area (Å²) in [5.74, 6) is 1.18. The first-order chi connectivity index (χ1) is 11.1. The number of nitrogens with zero attached hydrogens (tertiary/aromatic N) is 2. The van der Waals surface area contributed by atoms with Gasteiger partial charge in [-0.15, -0.1) is 0 Å². The lowest BCUT2D eigenvalue weighted by molar-refractivity contribution is -0.138. The fraction of sp³-hybridized carbons (Fsp3) is 0.650. The highest BCUT2D eigenvalue weighted by Gasteiger charge is 2.37. The van der Waals surface area contributed by atoms with Crippen LogP contribution in [0.15, 0.2) is 30.3 Å². The Labute approximate surface area is 140 Å². The molecule has 1 aliphatic carbocycles. The van der Waals surface area contributed by atoms with Crippen LogP contribution in [-0.4, -0.2) is 41.4 Å². The molecular weight excluding hydrogens is 284 g/mol. The van der Waals surface area contributed by atoms with Gasteiger partial charge in [0.15, 0.2) is 0 Å². The average Bonchev–Trinajstić information content (AvgIpc) is 3.38. The van der Waals surface area contributed by atoms with Crippen LogP contribution in [0.4, 0.5) is 0 Å².